The van der Waals surface area contributed by atoms with Gasteiger partial charge in [0, 0.05) is 31.4 Å². The molecule has 0 aliphatic heterocycles. The van der Waals surface area contributed by atoms with Gasteiger partial charge in [-0.2, -0.15) is 0 Å². The Morgan fingerprint density at radius 2 is 2.22 bits per heavy atom. The van der Waals surface area contributed by atoms with Crippen LogP contribution in [0.25, 0.3) is 10.9 Å². The summed E-state index contributed by atoms with van der Waals surface area (Å²) >= 11 is 0. The summed E-state index contributed by atoms with van der Waals surface area (Å²) in [5, 5.41) is 4.58. The molecule has 2 rings (SSSR count). The number of benzene rings is 1. The first kappa shape index (κ1) is 12.7. The van der Waals surface area contributed by atoms with Gasteiger partial charge in [-0.25, -0.2) is 0 Å². The molecule has 0 spiro atoms. The van der Waals surface area contributed by atoms with Gasteiger partial charge in [0.1, 0.15) is 0 Å². The molecule has 2 aromatic rings. The number of terminal acetylenes is 1. The lowest BCUT2D eigenvalue weighted by atomic mass is 10.2. The molecule has 0 aliphatic rings. The molecule has 1 aromatic heterocycles. The highest BCUT2D eigenvalue weighted by atomic mass is 16.5. The normalized spacial score (nSPS) is 10.7. The van der Waals surface area contributed by atoms with Gasteiger partial charge in [0.15, 0.2) is 0 Å². The number of hydrogen-bond donors (Lipinski definition) is 1. The summed E-state index contributed by atoms with van der Waals surface area (Å²) in [6, 6.07) is 10.5. The van der Waals surface area contributed by atoms with Crippen LogP contribution in [0.5, 0.6) is 0 Å². The van der Waals surface area contributed by atoms with Crippen LogP contribution >= 0.6 is 0 Å². The number of aromatic nitrogens is 1. The zero-order valence-corrected chi connectivity index (χ0v) is 10.6. The second kappa shape index (κ2) is 6.25. The lowest BCUT2D eigenvalue weighted by molar-refractivity contribution is 0.199. The van der Waals surface area contributed by atoms with E-state index < -0.39 is 0 Å². The highest BCUT2D eigenvalue weighted by Gasteiger charge is 2.06. The maximum atomic E-state index is 5.44. The topological polar surface area (TPSA) is 26.2 Å². The number of hydrogen-bond acceptors (Lipinski definition) is 2. The maximum absolute atomic E-state index is 5.44. The number of methoxy groups -OCH3 is 1. The van der Waals surface area contributed by atoms with Crippen molar-refractivity contribution in [2.24, 2.45) is 0 Å². The quantitative estimate of drug-likeness (QED) is 0.619. The van der Waals surface area contributed by atoms with Gasteiger partial charge in [-0.15, -0.1) is 6.42 Å². The number of fused-ring (bicyclic) bond motifs is 1. The zero-order valence-electron chi connectivity index (χ0n) is 10.6. The minimum atomic E-state index is 0.606. The fourth-order valence-electron chi connectivity index (χ4n) is 2.08. The summed E-state index contributed by atoms with van der Waals surface area (Å²) in [4.78, 5) is 0. The molecule has 94 valence electrons. The van der Waals surface area contributed by atoms with Crippen LogP contribution in [0.4, 0.5) is 0 Å². The van der Waals surface area contributed by atoms with Crippen LogP contribution in [0.3, 0.4) is 0 Å². The smallest absolute Gasteiger partial charge is 0.0838 e. The first-order chi connectivity index (χ1) is 8.86. The number of ether oxygens (including phenoxy) is 1. The van der Waals surface area contributed by atoms with E-state index in [-0.39, 0.29) is 0 Å². The Hall–Kier alpha value is -1.76. The fourth-order valence-corrected chi connectivity index (χ4v) is 2.08. The third-order valence-electron chi connectivity index (χ3n) is 2.93. The minimum absolute atomic E-state index is 0.606. The van der Waals surface area contributed by atoms with E-state index in [1.165, 1.54) is 16.6 Å². The summed E-state index contributed by atoms with van der Waals surface area (Å²) in [5.74, 6) is 2.71. The number of nitrogens with one attached hydrogen (secondary N) is 1. The van der Waals surface area contributed by atoms with Crippen molar-refractivity contribution >= 4 is 10.9 Å². The van der Waals surface area contributed by atoms with E-state index in [0.717, 1.165) is 19.7 Å². The second-order valence-corrected chi connectivity index (χ2v) is 4.15. The van der Waals surface area contributed by atoms with Crippen molar-refractivity contribution in [1.82, 2.24) is 9.88 Å². The molecule has 0 atom stereocenters. The second-order valence-electron chi connectivity index (χ2n) is 4.15. The molecule has 0 aliphatic carbocycles. The van der Waals surface area contributed by atoms with E-state index in [2.05, 4.69) is 34.0 Å². The Labute approximate surface area is 108 Å². The van der Waals surface area contributed by atoms with Gasteiger partial charge < -0.3 is 14.6 Å². The number of rotatable bonds is 6. The molecule has 3 nitrogen and oxygen atoms in total. The van der Waals surface area contributed by atoms with Crippen LogP contribution in [-0.4, -0.2) is 24.8 Å². The van der Waals surface area contributed by atoms with Crippen LogP contribution in [0.1, 0.15) is 5.69 Å². The Morgan fingerprint density at radius 3 is 3.00 bits per heavy atom. The average Bonchev–Trinajstić information content (AvgIpc) is 2.74. The fraction of sp³-hybridized carbons (Fsp3) is 0.333. The van der Waals surface area contributed by atoms with Crippen molar-refractivity contribution in [3.8, 4) is 12.3 Å². The predicted molar refractivity (Wildman–Crippen MR) is 74.4 cm³/mol. The van der Waals surface area contributed by atoms with Crippen molar-refractivity contribution in [3.63, 3.8) is 0 Å². The van der Waals surface area contributed by atoms with Crippen molar-refractivity contribution in [2.75, 3.05) is 20.3 Å². The summed E-state index contributed by atoms with van der Waals surface area (Å²) < 4.78 is 7.19. The third kappa shape index (κ3) is 2.73. The maximum Gasteiger partial charge on any atom is 0.0838 e. The first-order valence-electron chi connectivity index (χ1n) is 6.07. The third-order valence-corrected chi connectivity index (χ3v) is 2.93. The van der Waals surface area contributed by atoms with E-state index in [0.29, 0.717) is 6.54 Å². The van der Waals surface area contributed by atoms with Crippen molar-refractivity contribution in [1.29, 1.82) is 0 Å². The zero-order chi connectivity index (χ0) is 12.8. The highest BCUT2D eigenvalue weighted by Crippen LogP contribution is 2.19. The molecule has 0 saturated heterocycles. The Kier molecular flexibility index (Phi) is 4.40. The summed E-state index contributed by atoms with van der Waals surface area (Å²) in [7, 11) is 1.71. The molecular weight excluding hydrogens is 224 g/mol. The monoisotopic (exact) mass is 242 g/mol. The van der Waals surface area contributed by atoms with E-state index in [9.17, 15) is 0 Å². The standard InChI is InChI=1S/C15H18N2O/c1-3-9-17-14(12-16-8-10-18-2)11-13-6-4-5-7-15(13)17/h1,4-7,11,16H,8-10,12H2,2H3. The Bertz CT molecular complexity index is 551. The van der Waals surface area contributed by atoms with Crippen molar-refractivity contribution in [2.45, 2.75) is 13.1 Å². The highest BCUT2D eigenvalue weighted by molar-refractivity contribution is 5.81. The molecule has 3 heteroatoms. The van der Waals surface area contributed by atoms with E-state index in [4.69, 9.17) is 11.2 Å². The lowest BCUT2D eigenvalue weighted by Gasteiger charge is -2.08. The van der Waals surface area contributed by atoms with E-state index >= 15 is 0 Å². The summed E-state index contributed by atoms with van der Waals surface area (Å²) in [6.45, 7) is 2.97. The molecule has 0 radical (unpaired) electrons. The molecule has 0 saturated carbocycles. The van der Waals surface area contributed by atoms with Crippen molar-refractivity contribution < 1.29 is 4.74 Å². The lowest BCUT2D eigenvalue weighted by Crippen LogP contribution is -2.20. The van der Waals surface area contributed by atoms with Gasteiger partial charge in [0.25, 0.3) is 0 Å². The Balaban J connectivity index is 2.20. The first-order valence-corrected chi connectivity index (χ1v) is 6.07. The SMILES string of the molecule is C#CCn1c(CNCCOC)cc2ccccc21. The molecule has 1 aromatic carbocycles. The molecular formula is C15H18N2O. The van der Waals surface area contributed by atoms with Gasteiger partial charge in [-0.1, -0.05) is 24.1 Å². The molecule has 1 N–H and O–H groups in total. The summed E-state index contributed by atoms with van der Waals surface area (Å²) in [5.41, 5.74) is 2.41. The molecule has 0 bridgehead atoms. The van der Waals surface area contributed by atoms with Crippen LogP contribution in [0, 0.1) is 12.3 Å². The van der Waals surface area contributed by atoms with Crippen LogP contribution in [0.15, 0.2) is 30.3 Å². The van der Waals surface area contributed by atoms with Crippen LogP contribution in [-0.2, 0) is 17.8 Å². The van der Waals surface area contributed by atoms with Gasteiger partial charge in [-0.3, -0.25) is 0 Å². The van der Waals surface area contributed by atoms with Gasteiger partial charge in [0.2, 0.25) is 0 Å². The van der Waals surface area contributed by atoms with Crippen LogP contribution in [0.2, 0.25) is 0 Å². The van der Waals surface area contributed by atoms with E-state index in [1.807, 2.05) is 12.1 Å². The Morgan fingerprint density at radius 1 is 1.39 bits per heavy atom. The van der Waals surface area contributed by atoms with Gasteiger partial charge >= 0.3 is 0 Å². The summed E-state index contributed by atoms with van der Waals surface area (Å²) in [6.07, 6.45) is 5.44. The number of para-hydroxylation sites is 1. The predicted octanol–water partition coefficient (Wildman–Crippen LogP) is 2.01. The van der Waals surface area contributed by atoms with Crippen LogP contribution < -0.4 is 5.32 Å². The van der Waals surface area contributed by atoms with E-state index in [1.54, 1.807) is 7.11 Å². The molecule has 18 heavy (non-hydrogen) atoms. The number of nitrogens with zero attached hydrogens (tertiary/aromatic N) is 1. The largest absolute Gasteiger partial charge is 0.383 e. The minimum Gasteiger partial charge on any atom is -0.383 e. The molecule has 0 amide bonds. The average molecular weight is 242 g/mol. The molecule has 0 unspecified atom stereocenters. The van der Waals surface area contributed by atoms with Gasteiger partial charge in [-0.05, 0) is 17.5 Å². The molecule has 1 heterocycles. The van der Waals surface area contributed by atoms with Crippen molar-refractivity contribution in [3.05, 3.63) is 36.0 Å². The van der Waals surface area contributed by atoms with Gasteiger partial charge in [0.05, 0.1) is 13.2 Å². The molecule has 0 fully saturated rings.